The van der Waals surface area contributed by atoms with Crippen molar-refractivity contribution in [2.24, 2.45) is 17.3 Å². The highest BCUT2D eigenvalue weighted by atomic mass is 35.5. The van der Waals surface area contributed by atoms with Crippen LogP contribution in [0.5, 0.6) is 0 Å². The molecule has 4 nitrogen and oxygen atoms in total. The fourth-order valence-corrected chi connectivity index (χ4v) is 6.46. The van der Waals surface area contributed by atoms with Gasteiger partial charge in [-0.15, -0.1) is 11.3 Å². The molecule has 0 unspecified atom stereocenters. The van der Waals surface area contributed by atoms with Gasteiger partial charge in [0, 0.05) is 10.9 Å². The zero-order valence-corrected chi connectivity index (χ0v) is 17.3. The molecule has 2 fully saturated rings. The van der Waals surface area contributed by atoms with Gasteiger partial charge in [-0.25, -0.2) is 8.42 Å². The van der Waals surface area contributed by atoms with E-state index in [-0.39, 0.29) is 45.2 Å². The lowest BCUT2D eigenvalue weighted by Gasteiger charge is -2.28. The second-order valence-electron chi connectivity index (χ2n) is 7.38. The van der Waals surface area contributed by atoms with Gasteiger partial charge >= 0.3 is 0 Å². The number of rotatable bonds is 5. The van der Waals surface area contributed by atoms with Crippen LogP contribution in [0.1, 0.15) is 25.1 Å². The molecule has 1 saturated heterocycles. The Morgan fingerprint density at radius 2 is 2.16 bits per heavy atom. The quantitative estimate of drug-likeness (QED) is 0.724. The maximum atomic E-state index is 13.3. The second kappa shape index (κ2) is 6.87. The summed E-state index contributed by atoms with van der Waals surface area (Å²) in [5.41, 5.74) is -0.225. The van der Waals surface area contributed by atoms with Crippen molar-refractivity contribution in [1.29, 1.82) is 0 Å². The first-order chi connectivity index (χ1) is 11.6. The second-order valence-corrected chi connectivity index (χ2v) is 11.7. The molecule has 3 rings (SSSR count). The first kappa shape index (κ1) is 19.2. The molecule has 25 heavy (non-hydrogen) atoms. The van der Waals surface area contributed by atoms with Gasteiger partial charge in [-0.3, -0.25) is 4.79 Å². The summed E-state index contributed by atoms with van der Waals surface area (Å²) in [6, 6.07) is 3.65. The smallest absolute Gasteiger partial charge is 0.227 e. The Bertz CT molecular complexity index is 783. The van der Waals surface area contributed by atoms with Crippen LogP contribution in [0.25, 0.3) is 0 Å². The predicted octanol–water partition coefficient (Wildman–Crippen LogP) is 3.86. The number of hydrogen-bond acceptors (Lipinski definition) is 4. The van der Waals surface area contributed by atoms with Crippen LogP contribution in [-0.2, 0) is 21.2 Å². The molecule has 0 aromatic carbocycles. The minimum Gasteiger partial charge on any atom is -0.333 e. The average molecular weight is 422 g/mol. The monoisotopic (exact) mass is 421 g/mol. The number of thiophene rings is 1. The maximum absolute atomic E-state index is 13.3. The van der Waals surface area contributed by atoms with Crippen LogP contribution < -0.4 is 0 Å². The fourth-order valence-electron chi connectivity index (χ4n) is 3.75. The first-order valence-electron chi connectivity index (χ1n) is 8.18. The van der Waals surface area contributed by atoms with Gasteiger partial charge in [-0.2, -0.15) is 0 Å². The molecule has 3 atom stereocenters. The van der Waals surface area contributed by atoms with E-state index in [2.05, 4.69) is 0 Å². The molecule has 1 aliphatic carbocycles. The van der Waals surface area contributed by atoms with E-state index in [0.29, 0.717) is 13.0 Å². The normalized spacial score (nSPS) is 29.2. The fraction of sp³-hybridized carbons (Fsp3) is 0.588. The molecule has 1 aromatic heterocycles. The van der Waals surface area contributed by atoms with Crippen LogP contribution in [0, 0.1) is 17.3 Å². The van der Waals surface area contributed by atoms with Gasteiger partial charge in [0.2, 0.25) is 5.91 Å². The third-order valence-electron chi connectivity index (χ3n) is 5.32. The Kier molecular flexibility index (Phi) is 5.28. The largest absolute Gasteiger partial charge is 0.333 e. The highest BCUT2D eigenvalue weighted by Gasteiger charge is 2.62. The van der Waals surface area contributed by atoms with Gasteiger partial charge in [0.15, 0.2) is 9.84 Å². The highest BCUT2D eigenvalue weighted by Crippen LogP contribution is 2.60. The lowest BCUT2D eigenvalue weighted by molar-refractivity contribution is -0.136. The van der Waals surface area contributed by atoms with Crippen molar-refractivity contribution in [2.75, 3.05) is 11.5 Å². The van der Waals surface area contributed by atoms with Crippen LogP contribution in [0.3, 0.4) is 0 Å². The van der Waals surface area contributed by atoms with Crippen LogP contribution in [0.2, 0.25) is 0 Å². The Labute approximate surface area is 162 Å². The van der Waals surface area contributed by atoms with E-state index < -0.39 is 9.84 Å². The van der Waals surface area contributed by atoms with Gasteiger partial charge in [0.05, 0.1) is 24.0 Å². The van der Waals surface area contributed by atoms with E-state index in [1.165, 1.54) is 0 Å². The molecule has 2 aliphatic rings. The number of allylic oxidation sites excluding steroid dienone is 1. The minimum absolute atomic E-state index is 0.00340. The molecule has 2 heterocycles. The summed E-state index contributed by atoms with van der Waals surface area (Å²) in [4.78, 5) is 16.1. The van der Waals surface area contributed by atoms with Crippen molar-refractivity contribution >= 4 is 50.3 Å². The van der Waals surface area contributed by atoms with Gasteiger partial charge in [0.1, 0.15) is 4.49 Å². The SMILES string of the molecule is CC1(C)[C@@H](C=C(Cl)Cl)[C@@H]1C(=O)N(Cc1cccs1)[C@@H]1CCS(=O)(=O)C1. The maximum Gasteiger partial charge on any atom is 0.227 e. The molecule has 1 aromatic rings. The molecule has 0 N–H and O–H groups in total. The number of nitrogens with zero attached hydrogens (tertiary/aromatic N) is 1. The molecule has 1 aliphatic heterocycles. The van der Waals surface area contributed by atoms with Crippen LogP contribution in [-0.4, -0.2) is 36.8 Å². The van der Waals surface area contributed by atoms with E-state index in [1.807, 2.05) is 31.4 Å². The Hall–Kier alpha value is -0.560. The molecule has 0 spiro atoms. The molecule has 1 amide bonds. The Morgan fingerprint density at radius 3 is 2.68 bits per heavy atom. The summed E-state index contributed by atoms with van der Waals surface area (Å²) >= 11 is 13.2. The molecule has 8 heteroatoms. The Balaban J connectivity index is 1.84. The minimum atomic E-state index is -3.06. The molecule has 0 bridgehead atoms. The van der Waals surface area contributed by atoms with Gasteiger partial charge < -0.3 is 4.90 Å². The number of amides is 1. The van der Waals surface area contributed by atoms with Crippen molar-refractivity contribution in [3.63, 3.8) is 0 Å². The first-order valence-corrected chi connectivity index (χ1v) is 11.6. The number of halogens is 2. The standard InChI is InChI=1S/C17H21Cl2NO3S2/c1-17(2)13(8-14(18)19)15(17)16(21)20(9-12-4-3-6-24-12)11-5-7-25(22,23)10-11/h3-4,6,8,11,13,15H,5,7,9-10H2,1-2H3/t11-,13+,15-/m1/s1. The van der Waals surface area contributed by atoms with Crippen molar-refractivity contribution in [2.45, 2.75) is 32.9 Å². The van der Waals surface area contributed by atoms with Crippen molar-refractivity contribution in [3.05, 3.63) is 33.0 Å². The molecule has 138 valence electrons. The van der Waals surface area contributed by atoms with Crippen LogP contribution >= 0.6 is 34.5 Å². The zero-order valence-electron chi connectivity index (χ0n) is 14.1. The zero-order chi connectivity index (χ0) is 18.4. The van der Waals surface area contributed by atoms with E-state index in [1.54, 1.807) is 22.3 Å². The van der Waals surface area contributed by atoms with Gasteiger partial charge in [-0.05, 0) is 35.3 Å². The Morgan fingerprint density at radius 1 is 1.44 bits per heavy atom. The van der Waals surface area contributed by atoms with Crippen molar-refractivity contribution in [1.82, 2.24) is 4.90 Å². The van der Waals surface area contributed by atoms with E-state index in [0.717, 1.165) is 4.88 Å². The van der Waals surface area contributed by atoms with Crippen molar-refractivity contribution in [3.8, 4) is 0 Å². The number of sulfone groups is 1. The summed E-state index contributed by atoms with van der Waals surface area (Å²) in [5, 5.41) is 1.96. The van der Waals surface area contributed by atoms with E-state index in [4.69, 9.17) is 23.2 Å². The third kappa shape index (κ3) is 4.07. The summed E-state index contributed by atoms with van der Waals surface area (Å²) < 4.78 is 24.0. The number of hydrogen-bond donors (Lipinski definition) is 0. The molecular formula is C17H21Cl2NO3S2. The summed E-state index contributed by atoms with van der Waals surface area (Å²) in [5.74, 6) is -0.0430. The summed E-state index contributed by atoms with van der Waals surface area (Å²) in [6.07, 6.45) is 2.23. The molecular weight excluding hydrogens is 401 g/mol. The molecule has 0 radical (unpaired) electrons. The van der Waals surface area contributed by atoms with E-state index in [9.17, 15) is 13.2 Å². The number of carbonyl (C=O) groups is 1. The van der Waals surface area contributed by atoms with E-state index >= 15 is 0 Å². The highest BCUT2D eigenvalue weighted by molar-refractivity contribution is 7.91. The van der Waals surface area contributed by atoms with Gasteiger partial charge in [0.25, 0.3) is 0 Å². The van der Waals surface area contributed by atoms with Crippen molar-refractivity contribution < 1.29 is 13.2 Å². The summed E-state index contributed by atoms with van der Waals surface area (Å²) in [7, 11) is -3.06. The van der Waals surface area contributed by atoms with Crippen LogP contribution in [0.4, 0.5) is 0 Å². The average Bonchev–Trinajstić information content (AvgIpc) is 2.93. The summed E-state index contributed by atoms with van der Waals surface area (Å²) in [6.45, 7) is 4.48. The lowest BCUT2D eigenvalue weighted by Crippen LogP contribution is -2.42. The molecule has 1 saturated carbocycles. The predicted molar refractivity (Wildman–Crippen MR) is 102 cm³/mol. The lowest BCUT2D eigenvalue weighted by atomic mass is 10.1. The van der Waals surface area contributed by atoms with Crippen LogP contribution in [0.15, 0.2) is 28.1 Å². The van der Waals surface area contributed by atoms with Gasteiger partial charge in [-0.1, -0.05) is 43.1 Å². The number of carbonyl (C=O) groups excluding carboxylic acids is 1. The topological polar surface area (TPSA) is 54.5 Å². The third-order valence-corrected chi connectivity index (χ3v) is 8.18.